The molecule has 0 unspecified atom stereocenters. The number of benzene rings is 2. The number of hydrogen-bond acceptors (Lipinski definition) is 6. The summed E-state index contributed by atoms with van der Waals surface area (Å²) in [4.78, 5) is 28.6. The predicted molar refractivity (Wildman–Crippen MR) is 101 cm³/mol. The number of carbonyl (C=O) groups excluding carboxylic acids is 2. The van der Waals surface area contributed by atoms with Crippen LogP contribution in [-0.4, -0.2) is 33.5 Å². The van der Waals surface area contributed by atoms with E-state index in [1.54, 1.807) is 35.0 Å². The minimum atomic E-state index is -0.659. The van der Waals surface area contributed by atoms with Gasteiger partial charge in [0.2, 0.25) is 0 Å². The number of phenols is 1. The van der Waals surface area contributed by atoms with Crippen molar-refractivity contribution in [2.45, 2.75) is 6.61 Å². The third-order valence-electron chi connectivity index (χ3n) is 4.37. The zero-order chi connectivity index (χ0) is 19.7. The molecule has 2 aromatic heterocycles. The fraction of sp³-hybridized carbons (Fsp3) is 0.0952. The SMILES string of the molecule is COC(=O)c1cccn2cc(COC(=O)c3cc4ccccc4cc3O)nc12. The molecule has 0 saturated carbocycles. The molecule has 0 fully saturated rings. The Labute approximate surface area is 159 Å². The summed E-state index contributed by atoms with van der Waals surface area (Å²) in [6.07, 6.45) is 3.39. The lowest BCUT2D eigenvalue weighted by atomic mass is 10.1. The smallest absolute Gasteiger partial charge is 0.342 e. The molecule has 0 atom stereocenters. The molecule has 0 aliphatic carbocycles. The molecule has 7 heteroatoms. The van der Waals surface area contributed by atoms with Gasteiger partial charge in [-0.25, -0.2) is 14.6 Å². The van der Waals surface area contributed by atoms with Crippen molar-refractivity contribution in [2.75, 3.05) is 7.11 Å². The number of rotatable bonds is 4. The Bertz CT molecular complexity index is 1210. The van der Waals surface area contributed by atoms with Crippen LogP contribution in [0.25, 0.3) is 16.4 Å². The molecule has 0 radical (unpaired) electrons. The molecule has 28 heavy (non-hydrogen) atoms. The summed E-state index contributed by atoms with van der Waals surface area (Å²) in [6.45, 7) is -0.104. The molecule has 0 aliphatic heterocycles. The highest BCUT2D eigenvalue weighted by Gasteiger charge is 2.17. The Balaban J connectivity index is 1.57. The summed E-state index contributed by atoms with van der Waals surface area (Å²) in [7, 11) is 1.30. The van der Waals surface area contributed by atoms with Gasteiger partial charge in [-0.2, -0.15) is 0 Å². The molecule has 0 spiro atoms. The summed E-state index contributed by atoms with van der Waals surface area (Å²) >= 11 is 0. The molecule has 4 rings (SSSR count). The van der Waals surface area contributed by atoms with Crippen molar-refractivity contribution >= 4 is 28.4 Å². The van der Waals surface area contributed by atoms with Crippen molar-refractivity contribution in [3.05, 3.63) is 77.7 Å². The summed E-state index contributed by atoms with van der Waals surface area (Å²) in [5.74, 6) is -1.30. The number of methoxy groups -OCH3 is 1. The lowest BCUT2D eigenvalue weighted by Crippen LogP contribution is -2.06. The van der Waals surface area contributed by atoms with E-state index < -0.39 is 11.9 Å². The van der Waals surface area contributed by atoms with E-state index >= 15 is 0 Å². The summed E-state index contributed by atoms with van der Waals surface area (Å²) in [5.41, 5.74) is 1.27. The van der Waals surface area contributed by atoms with Crippen LogP contribution in [0.1, 0.15) is 26.4 Å². The van der Waals surface area contributed by atoms with Crippen LogP contribution in [0.5, 0.6) is 5.75 Å². The maximum Gasteiger partial charge on any atom is 0.342 e. The normalized spacial score (nSPS) is 10.9. The van der Waals surface area contributed by atoms with Gasteiger partial charge in [-0.3, -0.25) is 0 Å². The van der Waals surface area contributed by atoms with E-state index in [2.05, 4.69) is 4.98 Å². The number of ether oxygens (including phenoxy) is 2. The van der Waals surface area contributed by atoms with Crippen molar-refractivity contribution in [3.8, 4) is 5.75 Å². The number of fused-ring (bicyclic) bond motifs is 2. The molecule has 2 heterocycles. The van der Waals surface area contributed by atoms with Gasteiger partial charge in [0, 0.05) is 12.4 Å². The number of aromatic nitrogens is 2. The van der Waals surface area contributed by atoms with Gasteiger partial charge < -0.3 is 19.0 Å². The number of carbonyl (C=O) groups is 2. The summed E-state index contributed by atoms with van der Waals surface area (Å²) < 4.78 is 11.7. The van der Waals surface area contributed by atoms with E-state index in [-0.39, 0.29) is 17.9 Å². The van der Waals surface area contributed by atoms with Crippen LogP contribution in [-0.2, 0) is 16.1 Å². The van der Waals surface area contributed by atoms with Crippen LogP contribution in [0.4, 0.5) is 0 Å². The lowest BCUT2D eigenvalue weighted by Gasteiger charge is -2.07. The second-order valence-electron chi connectivity index (χ2n) is 6.17. The fourth-order valence-electron chi connectivity index (χ4n) is 3.01. The monoisotopic (exact) mass is 376 g/mol. The molecule has 7 nitrogen and oxygen atoms in total. The maximum atomic E-state index is 12.4. The van der Waals surface area contributed by atoms with E-state index in [0.717, 1.165) is 10.8 Å². The number of esters is 2. The van der Waals surface area contributed by atoms with E-state index in [4.69, 9.17) is 9.47 Å². The number of nitrogens with zero attached hydrogens (tertiary/aromatic N) is 2. The van der Waals surface area contributed by atoms with Crippen LogP contribution >= 0.6 is 0 Å². The zero-order valence-electron chi connectivity index (χ0n) is 15.0. The standard InChI is InChI=1S/C21H16N2O5/c1-27-20(25)16-7-4-8-23-11-15(22-19(16)23)12-28-21(26)17-9-13-5-2-3-6-14(13)10-18(17)24/h2-11,24H,12H2,1H3. The Morgan fingerprint density at radius 1 is 1.04 bits per heavy atom. The van der Waals surface area contributed by atoms with Gasteiger partial charge in [-0.1, -0.05) is 24.3 Å². The first-order valence-corrected chi connectivity index (χ1v) is 8.50. The topological polar surface area (TPSA) is 90.1 Å². The van der Waals surface area contributed by atoms with Gasteiger partial charge in [0.1, 0.15) is 23.5 Å². The van der Waals surface area contributed by atoms with E-state index in [0.29, 0.717) is 16.9 Å². The molecular weight excluding hydrogens is 360 g/mol. The molecular formula is C21H16N2O5. The van der Waals surface area contributed by atoms with Crippen molar-refractivity contribution in [1.82, 2.24) is 9.38 Å². The minimum absolute atomic E-state index is 0.0812. The van der Waals surface area contributed by atoms with Gasteiger partial charge >= 0.3 is 11.9 Å². The van der Waals surface area contributed by atoms with Crippen LogP contribution < -0.4 is 0 Å². The number of pyridine rings is 1. The first-order valence-electron chi connectivity index (χ1n) is 8.50. The number of aromatic hydroxyl groups is 1. The highest BCUT2D eigenvalue weighted by Crippen LogP contribution is 2.26. The van der Waals surface area contributed by atoms with Gasteiger partial charge in [0.05, 0.1) is 12.8 Å². The maximum absolute atomic E-state index is 12.4. The third kappa shape index (κ3) is 3.14. The number of imidazole rings is 1. The third-order valence-corrected chi connectivity index (χ3v) is 4.37. The molecule has 0 aliphatic rings. The van der Waals surface area contributed by atoms with Crippen molar-refractivity contribution in [1.29, 1.82) is 0 Å². The highest BCUT2D eigenvalue weighted by molar-refractivity contribution is 5.98. The Kier molecular flexibility index (Phi) is 4.41. The first kappa shape index (κ1) is 17.5. The number of phenolic OH excluding ortho intramolecular Hbond substituents is 1. The van der Waals surface area contributed by atoms with Crippen LogP contribution in [0.2, 0.25) is 0 Å². The fourth-order valence-corrected chi connectivity index (χ4v) is 3.01. The predicted octanol–water partition coefficient (Wildman–Crippen LogP) is 3.34. The van der Waals surface area contributed by atoms with Crippen molar-refractivity contribution in [3.63, 3.8) is 0 Å². The average molecular weight is 376 g/mol. The molecule has 140 valence electrons. The molecule has 4 aromatic rings. The largest absolute Gasteiger partial charge is 0.507 e. The second-order valence-corrected chi connectivity index (χ2v) is 6.17. The van der Waals surface area contributed by atoms with Crippen LogP contribution in [0.15, 0.2) is 60.9 Å². The zero-order valence-corrected chi connectivity index (χ0v) is 15.0. The quantitative estimate of drug-likeness (QED) is 0.550. The molecule has 1 N–H and O–H groups in total. The highest BCUT2D eigenvalue weighted by atomic mass is 16.5. The lowest BCUT2D eigenvalue weighted by molar-refractivity contribution is 0.0464. The van der Waals surface area contributed by atoms with Gasteiger partial charge in [0.25, 0.3) is 0 Å². The molecule has 0 saturated heterocycles. The van der Waals surface area contributed by atoms with E-state index in [9.17, 15) is 14.7 Å². The van der Waals surface area contributed by atoms with E-state index in [1.807, 2.05) is 24.3 Å². The summed E-state index contributed by atoms with van der Waals surface area (Å²) in [5, 5.41) is 11.8. The number of hydrogen-bond donors (Lipinski definition) is 1. The van der Waals surface area contributed by atoms with Crippen molar-refractivity contribution in [2.24, 2.45) is 0 Å². The molecule has 2 aromatic carbocycles. The van der Waals surface area contributed by atoms with Gasteiger partial charge in [0.15, 0.2) is 5.65 Å². The van der Waals surface area contributed by atoms with Crippen molar-refractivity contribution < 1.29 is 24.2 Å². The minimum Gasteiger partial charge on any atom is -0.507 e. The first-order chi connectivity index (χ1) is 13.6. The van der Waals surface area contributed by atoms with Gasteiger partial charge in [-0.05, 0) is 35.0 Å². The van der Waals surface area contributed by atoms with Gasteiger partial charge in [-0.15, -0.1) is 0 Å². The van der Waals surface area contributed by atoms with E-state index in [1.165, 1.54) is 13.2 Å². The Morgan fingerprint density at radius 3 is 2.54 bits per heavy atom. The average Bonchev–Trinajstić information content (AvgIpc) is 3.14. The Hall–Kier alpha value is -3.87. The molecule has 0 bridgehead atoms. The second kappa shape index (κ2) is 7.03. The Morgan fingerprint density at radius 2 is 1.79 bits per heavy atom. The molecule has 0 amide bonds. The summed E-state index contributed by atoms with van der Waals surface area (Å²) in [6, 6.07) is 13.8. The van der Waals surface area contributed by atoms with Crippen LogP contribution in [0.3, 0.4) is 0 Å². The van der Waals surface area contributed by atoms with Crippen LogP contribution in [0, 0.1) is 0 Å².